The zero-order chi connectivity index (χ0) is 25.3. The molecule has 1 saturated carbocycles. The van der Waals surface area contributed by atoms with Crippen molar-refractivity contribution in [1.29, 1.82) is 0 Å². The van der Waals surface area contributed by atoms with Crippen LogP contribution in [0.3, 0.4) is 0 Å². The number of hydrogen-bond donors (Lipinski definition) is 4. The largest absolute Gasteiger partial charge is 0.393 e. The van der Waals surface area contributed by atoms with E-state index in [1.54, 1.807) is 0 Å². The second-order valence-electron chi connectivity index (χ2n) is 9.80. The first-order chi connectivity index (χ1) is 17.3. The minimum atomic E-state index is -0.718. The van der Waals surface area contributed by atoms with E-state index in [0.29, 0.717) is 19.0 Å². The first-order valence-corrected chi connectivity index (χ1v) is 12.9. The Morgan fingerprint density at radius 3 is 2.50 bits per heavy atom. The van der Waals surface area contributed by atoms with Crippen LogP contribution >= 0.6 is 11.6 Å². The molecule has 2 aromatic rings. The topological polar surface area (TPSA) is 135 Å². The highest BCUT2D eigenvalue weighted by atomic mass is 35.5. The lowest BCUT2D eigenvalue weighted by Gasteiger charge is -2.39. The van der Waals surface area contributed by atoms with Gasteiger partial charge in [0.15, 0.2) is 28.3 Å². The molecule has 194 valence electrons. The van der Waals surface area contributed by atoms with Crippen LogP contribution in [0.1, 0.15) is 54.6 Å². The summed E-state index contributed by atoms with van der Waals surface area (Å²) in [6.45, 7) is 5.03. The number of hydrogen-bond acceptors (Lipinski definition) is 9. The van der Waals surface area contributed by atoms with Gasteiger partial charge < -0.3 is 35.8 Å². The number of nitrogens with one attached hydrogen (secondary N) is 2. The molecule has 0 atom stereocenters. The summed E-state index contributed by atoms with van der Waals surface area (Å²) in [5.41, 5.74) is 8.56. The minimum absolute atomic E-state index is 0.0258. The highest BCUT2D eigenvalue weighted by Gasteiger charge is 2.40. The van der Waals surface area contributed by atoms with Crippen molar-refractivity contribution < 1.29 is 19.4 Å². The summed E-state index contributed by atoms with van der Waals surface area (Å²) < 4.78 is 11.7. The van der Waals surface area contributed by atoms with E-state index in [1.165, 1.54) is 0 Å². The molecule has 3 heterocycles. The molecule has 1 spiro atoms. The molecule has 1 aliphatic carbocycles. The number of aromatic nitrogens is 2. The number of amides is 1. The number of aliphatic hydroxyl groups excluding tert-OH is 1. The highest BCUT2D eigenvalue weighted by molar-refractivity contribution is 6.32. The smallest absolute Gasteiger partial charge is 0.271 e. The van der Waals surface area contributed by atoms with Crippen molar-refractivity contribution in [2.24, 2.45) is 5.73 Å². The number of benzene rings is 1. The Kier molecular flexibility index (Phi) is 7.21. The number of carbonyl (C=O) groups excluding carboxylic acids is 1. The Hall–Kier alpha value is -2.66. The van der Waals surface area contributed by atoms with E-state index in [1.807, 2.05) is 18.2 Å². The number of aryl methyl sites for hydroxylation is 1. The first kappa shape index (κ1) is 25.0. The molecule has 1 aromatic heterocycles. The van der Waals surface area contributed by atoms with E-state index in [2.05, 4.69) is 32.4 Å². The maximum atomic E-state index is 12.1. The van der Waals surface area contributed by atoms with Gasteiger partial charge in [-0.2, -0.15) is 0 Å². The van der Waals surface area contributed by atoms with Crippen molar-refractivity contribution in [3.63, 3.8) is 0 Å². The summed E-state index contributed by atoms with van der Waals surface area (Å²) in [5.74, 6) is -0.527. The minimum Gasteiger partial charge on any atom is -0.393 e. The number of primary amides is 1. The zero-order valence-electron chi connectivity index (χ0n) is 20.4. The van der Waals surface area contributed by atoms with Crippen molar-refractivity contribution in [3.8, 4) is 0 Å². The fraction of sp³-hybridized carbons (Fsp3) is 0.560. The van der Waals surface area contributed by atoms with Gasteiger partial charge in [-0.25, -0.2) is 9.97 Å². The third-order valence-corrected chi connectivity index (χ3v) is 7.54. The molecule has 3 aliphatic rings. The van der Waals surface area contributed by atoms with E-state index in [-0.39, 0.29) is 28.8 Å². The van der Waals surface area contributed by atoms with Gasteiger partial charge in [0.2, 0.25) is 0 Å². The van der Waals surface area contributed by atoms with Crippen LogP contribution in [0.25, 0.3) is 0 Å². The summed E-state index contributed by atoms with van der Waals surface area (Å²) in [6, 6.07) is 6.13. The lowest BCUT2D eigenvalue weighted by molar-refractivity contribution is -0.169. The molecule has 5 rings (SSSR count). The number of halogens is 1. The summed E-state index contributed by atoms with van der Waals surface area (Å²) >= 11 is 6.35. The Bertz CT molecular complexity index is 1110. The van der Waals surface area contributed by atoms with Crippen molar-refractivity contribution >= 4 is 40.5 Å². The SMILES string of the molecule is Cc1ccc(Nc2nc(NC3CCC(O)CC3)c(Cl)nc2C(N)=O)cc1N1CCC2(CC1)OCCO2. The van der Waals surface area contributed by atoms with Gasteiger partial charge in [0.25, 0.3) is 5.91 Å². The second-order valence-corrected chi connectivity index (χ2v) is 10.2. The zero-order valence-corrected chi connectivity index (χ0v) is 21.2. The highest BCUT2D eigenvalue weighted by Crippen LogP contribution is 2.36. The predicted molar refractivity (Wildman–Crippen MR) is 138 cm³/mol. The second kappa shape index (κ2) is 10.4. The quantitative estimate of drug-likeness (QED) is 0.455. The molecule has 0 radical (unpaired) electrons. The maximum absolute atomic E-state index is 12.1. The van der Waals surface area contributed by atoms with Crippen LogP contribution in [0.4, 0.5) is 23.0 Å². The Labute approximate surface area is 215 Å². The van der Waals surface area contributed by atoms with E-state index in [9.17, 15) is 9.90 Å². The summed E-state index contributed by atoms with van der Waals surface area (Å²) in [5, 5.41) is 16.4. The van der Waals surface area contributed by atoms with Gasteiger partial charge >= 0.3 is 0 Å². The third kappa shape index (κ3) is 5.36. The van der Waals surface area contributed by atoms with Gasteiger partial charge in [-0.3, -0.25) is 4.79 Å². The van der Waals surface area contributed by atoms with Crippen molar-refractivity contribution in [2.75, 3.05) is 41.8 Å². The average Bonchev–Trinajstić information content (AvgIpc) is 3.32. The number of rotatable bonds is 6. The molecule has 11 heteroatoms. The van der Waals surface area contributed by atoms with Gasteiger partial charge in [-0.1, -0.05) is 17.7 Å². The molecule has 5 N–H and O–H groups in total. The van der Waals surface area contributed by atoms with E-state index >= 15 is 0 Å². The lowest BCUT2D eigenvalue weighted by Crippen LogP contribution is -2.45. The Morgan fingerprint density at radius 1 is 1.14 bits per heavy atom. The van der Waals surface area contributed by atoms with E-state index in [0.717, 1.165) is 68.6 Å². The predicted octanol–water partition coefficient (Wildman–Crippen LogP) is 3.34. The standard InChI is InChI=1S/C25H33ClN6O4/c1-15-2-3-17(14-19(15)32-10-8-25(9-11-32)35-12-13-36-25)29-23-20(22(27)34)30-21(26)24(31-23)28-16-4-6-18(33)7-5-16/h2-3,14,16,18,33H,4-13H2,1H3,(H2,27,34)(H2,28,29,31). The van der Waals surface area contributed by atoms with Gasteiger partial charge in [0.1, 0.15) is 0 Å². The Morgan fingerprint density at radius 2 is 1.83 bits per heavy atom. The molecule has 10 nitrogen and oxygen atoms in total. The molecular weight excluding hydrogens is 484 g/mol. The Balaban J connectivity index is 1.36. The van der Waals surface area contributed by atoms with Gasteiger partial charge in [0, 0.05) is 43.3 Å². The molecule has 0 bridgehead atoms. The number of nitrogens with zero attached hydrogens (tertiary/aromatic N) is 3. The first-order valence-electron chi connectivity index (χ1n) is 12.5. The monoisotopic (exact) mass is 516 g/mol. The molecule has 2 aliphatic heterocycles. The van der Waals surface area contributed by atoms with Crippen molar-refractivity contribution in [3.05, 3.63) is 34.6 Å². The maximum Gasteiger partial charge on any atom is 0.271 e. The number of piperidine rings is 1. The van der Waals surface area contributed by atoms with Crippen molar-refractivity contribution in [2.45, 2.75) is 63.4 Å². The number of anilines is 4. The fourth-order valence-electron chi connectivity index (χ4n) is 5.22. The molecule has 1 amide bonds. The van der Waals surface area contributed by atoms with Gasteiger partial charge in [-0.15, -0.1) is 0 Å². The number of nitrogens with two attached hydrogens (primary N) is 1. The van der Waals surface area contributed by atoms with Crippen LogP contribution < -0.4 is 21.3 Å². The summed E-state index contributed by atoms with van der Waals surface area (Å²) in [6.07, 6.45) is 4.39. The normalized spacial score (nSPS) is 23.6. The molecular formula is C25H33ClN6O4. The fourth-order valence-corrected chi connectivity index (χ4v) is 5.40. The number of carbonyl (C=O) groups is 1. The van der Waals surface area contributed by atoms with E-state index < -0.39 is 11.7 Å². The van der Waals surface area contributed by atoms with Gasteiger partial charge in [-0.05, 0) is 50.3 Å². The van der Waals surface area contributed by atoms with Crippen molar-refractivity contribution in [1.82, 2.24) is 9.97 Å². The number of aliphatic hydroxyl groups is 1. The van der Waals surface area contributed by atoms with Crippen LogP contribution in [0.15, 0.2) is 18.2 Å². The van der Waals surface area contributed by atoms with E-state index in [4.69, 9.17) is 26.8 Å². The molecule has 3 fully saturated rings. The molecule has 2 saturated heterocycles. The lowest BCUT2D eigenvalue weighted by atomic mass is 9.93. The third-order valence-electron chi connectivity index (χ3n) is 7.28. The number of ether oxygens (including phenoxy) is 2. The van der Waals surface area contributed by atoms with Gasteiger partial charge in [0.05, 0.1) is 19.3 Å². The van der Waals surface area contributed by atoms with Crippen LogP contribution in [0.2, 0.25) is 5.15 Å². The molecule has 36 heavy (non-hydrogen) atoms. The van der Waals surface area contributed by atoms with Crippen LogP contribution in [-0.2, 0) is 9.47 Å². The van der Waals surface area contributed by atoms with Crippen LogP contribution in [0.5, 0.6) is 0 Å². The molecule has 0 unspecified atom stereocenters. The summed E-state index contributed by atoms with van der Waals surface area (Å²) in [7, 11) is 0. The average molecular weight is 517 g/mol. The van der Waals surface area contributed by atoms with Crippen LogP contribution in [-0.4, -0.2) is 65.2 Å². The van der Waals surface area contributed by atoms with Crippen LogP contribution in [0, 0.1) is 6.92 Å². The summed E-state index contributed by atoms with van der Waals surface area (Å²) in [4.78, 5) is 23.3. The molecule has 1 aromatic carbocycles.